The van der Waals surface area contributed by atoms with Gasteiger partial charge in [-0.15, -0.1) is 11.6 Å². The molecule has 4 nitrogen and oxygen atoms in total. The lowest BCUT2D eigenvalue weighted by Crippen LogP contribution is -2.41. The molecule has 110 valence electrons. The number of benzene rings is 1. The fraction of sp³-hybridized carbons (Fsp3) is 0.533. The zero-order chi connectivity index (χ0) is 14.8. The molecule has 0 unspecified atom stereocenters. The third-order valence-electron chi connectivity index (χ3n) is 3.39. The van der Waals surface area contributed by atoms with Crippen LogP contribution in [0.2, 0.25) is 0 Å². The Hall–Kier alpha value is -1.42. The fourth-order valence-electron chi connectivity index (χ4n) is 2.07. The third kappa shape index (κ3) is 3.01. The lowest BCUT2D eigenvalue weighted by atomic mass is 9.94. The molecule has 0 bridgehead atoms. The second kappa shape index (κ2) is 5.92. The molecule has 0 radical (unpaired) electrons. The first-order valence-electron chi connectivity index (χ1n) is 6.72. The summed E-state index contributed by atoms with van der Waals surface area (Å²) in [6.45, 7) is 7.15. The van der Waals surface area contributed by atoms with Gasteiger partial charge in [0.25, 0.3) is 0 Å². The van der Waals surface area contributed by atoms with E-state index >= 15 is 0 Å². The van der Waals surface area contributed by atoms with Crippen LogP contribution in [0.25, 0.3) is 0 Å². The minimum atomic E-state index is -0.548. The first-order chi connectivity index (χ1) is 9.47. The van der Waals surface area contributed by atoms with Gasteiger partial charge in [0.2, 0.25) is 12.7 Å². The molecule has 0 aromatic heterocycles. The quantitative estimate of drug-likeness (QED) is 0.784. The molecule has 0 saturated heterocycles. The van der Waals surface area contributed by atoms with Crippen LogP contribution in [-0.2, 0) is 11.3 Å². The molecule has 1 heterocycles. The molecule has 20 heavy (non-hydrogen) atoms. The van der Waals surface area contributed by atoms with Gasteiger partial charge in [0, 0.05) is 19.0 Å². The number of carbonyl (C=O) groups excluding carboxylic acids is 1. The van der Waals surface area contributed by atoms with Gasteiger partial charge >= 0.3 is 0 Å². The molecule has 0 atom stereocenters. The van der Waals surface area contributed by atoms with Crippen molar-refractivity contribution in [2.24, 2.45) is 5.41 Å². The molecule has 0 fully saturated rings. The van der Waals surface area contributed by atoms with Gasteiger partial charge in [-0.1, -0.05) is 6.07 Å². The smallest absolute Gasteiger partial charge is 0.231 e. The molecule has 5 heteroatoms. The monoisotopic (exact) mass is 297 g/mol. The van der Waals surface area contributed by atoms with Crippen LogP contribution in [0.5, 0.6) is 11.5 Å². The van der Waals surface area contributed by atoms with Crippen LogP contribution in [0.3, 0.4) is 0 Å². The van der Waals surface area contributed by atoms with E-state index in [-0.39, 0.29) is 12.7 Å². The highest BCUT2D eigenvalue weighted by atomic mass is 35.5. The molecule has 0 N–H and O–H groups in total. The van der Waals surface area contributed by atoms with Crippen LogP contribution >= 0.6 is 11.6 Å². The lowest BCUT2D eigenvalue weighted by Gasteiger charge is -2.30. The van der Waals surface area contributed by atoms with Gasteiger partial charge in [-0.25, -0.2) is 0 Å². The number of ether oxygens (including phenoxy) is 2. The molecule has 1 amide bonds. The summed E-state index contributed by atoms with van der Waals surface area (Å²) in [5, 5.41) is 0. The Labute approximate surface area is 124 Å². The van der Waals surface area contributed by atoms with Gasteiger partial charge in [0.1, 0.15) is 0 Å². The van der Waals surface area contributed by atoms with Crippen LogP contribution in [-0.4, -0.2) is 30.0 Å². The van der Waals surface area contributed by atoms with Gasteiger partial charge in [0.05, 0.1) is 5.41 Å². The second-order valence-corrected chi connectivity index (χ2v) is 5.79. The Morgan fingerprint density at radius 1 is 1.35 bits per heavy atom. The van der Waals surface area contributed by atoms with E-state index in [0.29, 0.717) is 19.0 Å². The average molecular weight is 298 g/mol. The number of carbonyl (C=O) groups is 1. The molecule has 2 rings (SSSR count). The lowest BCUT2D eigenvalue weighted by molar-refractivity contribution is -0.139. The highest BCUT2D eigenvalue weighted by Crippen LogP contribution is 2.33. The average Bonchev–Trinajstić information content (AvgIpc) is 2.91. The first-order valence-corrected chi connectivity index (χ1v) is 7.25. The Bertz CT molecular complexity index is 502. The van der Waals surface area contributed by atoms with Crippen molar-refractivity contribution in [2.45, 2.75) is 27.3 Å². The second-order valence-electron chi connectivity index (χ2n) is 5.52. The molecule has 0 aliphatic carbocycles. The maximum atomic E-state index is 12.5. The van der Waals surface area contributed by atoms with Crippen LogP contribution < -0.4 is 9.47 Å². The van der Waals surface area contributed by atoms with Crippen LogP contribution in [0.15, 0.2) is 18.2 Å². The van der Waals surface area contributed by atoms with E-state index in [4.69, 9.17) is 21.1 Å². The van der Waals surface area contributed by atoms with Crippen LogP contribution in [0, 0.1) is 5.41 Å². The number of rotatable bonds is 5. The summed E-state index contributed by atoms with van der Waals surface area (Å²) in [4.78, 5) is 14.3. The predicted molar refractivity (Wildman–Crippen MR) is 78.2 cm³/mol. The van der Waals surface area contributed by atoms with E-state index in [1.807, 2.05) is 39.0 Å². The Morgan fingerprint density at radius 2 is 2.05 bits per heavy atom. The molecule has 0 saturated carbocycles. The van der Waals surface area contributed by atoms with Gasteiger partial charge in [-0.2, -0.15) is 0 Å². The number of hydrogen-bond donors (Lipinski definition) is 0. The summed E-state index contributed by atoms with van der Waals surface area (Å²) in [7, 11) is 0. The first kappa shape index (κ1) is 15.0. The normalized spacial score (nSPS) is 13.4. The molecule has 0 spiro atoms. The van der Waals surface area contributed by atoms with Gasteiger partial charge in [-0.3, -0.25) is 4.79 Å². The topological polar surface area (TPSA) is 38.8 Å². The molecular formula is C15H20ClNO3. The van der Waals surface area contributed by atoms with Crippen molar-refractivity contribution in [3.05, 3.63) is 23.8 Å². The highest BCUT2D eigenvalue weighted by molar-refractivity contribution is 6.19. The maximum absolute atomic E-state index is 12.5. The zero-order valence-corrected chi connectivity index (χ0v) is 12.9. The van der Waals surface area contributed by atoms with Crippen molar-refractivity contribution < 1.29 is 14.3 Å². The van der Waals surface area contributed by atoms with Gasteiger partial charge in [0.15, 0.2) is 11.5 Å². The summed E-state index contributed by atoms with van der Waals surface area (Å²) in [5.41, 5.74) is 0.475. The number of alkyl halides is 1. The van der Waals surface area contributed by atoms with E-state index in [9.17, 15) is 4.79 Å². The Morgan fingerprint density at radius 3 is 2.70 bits per heavy atom. The summed E-state index contributed by atoms with van der Waals surface area (Å²) < 4.78 is 10.6. The summed E-state index contributed by atoms with van der Waals surface area (Å²) >= 11 is 5.88. The van der Waals surface area contributed by atoms with E-state index in [1.165, 1.54) is 0 Å². The van der Waals surface area contributed by atoms with Gasteiger partial charge in [-0.05, 0) is 38.5 Å². The molecule has 1 aromatic carbocycles. The molecular weight excluding hydrogens is 278 g/mol. The number of halogens is 1. The summed E-state index contributed by atoms with van der Waals surface area (Å²) in [6, 6.07) is 5.76. The van der Waals surface area contributed by atoms with E-state index in [2.05, 4.69) is 0 Å². The van der Waals surface area contributed by atoms with Crippen LogP contribution in [0.1, 0.15) is 26.3 Å². The maximum Gasteiger partial charge on any atom is 0.231 e. The van der Waals surface area contributed by atoms with Crippen molar-refractivity contribution in [2.75, 3.05) is 19.2 Å². The number of amides is 1. The fourth-order valence-corrected chi connectivity index (χ4v) is 2.19. The standard InChI is InChI=1S/C15H20ClNO3/c1-4-17(14(18)15(2,3)9-16)8-11-5-6-12-13(7-11)20-10-19-12/h5-7H,4,8-10H2,1-3H3. The van der Waals surface area contributed by atoms with Crippen molar-refractivity contribution in [1.29, 1.82) is 0 Å². The summed E-state index contributed by atoms with van der Waals surface area (Å²) in [5.74, 6) is 1.86. The third-order valence-corrected chi connectivity index (χ3v) is 4.06. The van der Waals surface area contributed by atoms with E-state index in [0.717, 1.165) is 17.1 Å². The zero-order valence-electron chi connectivity index (χ0n) is 12.1. The van der Waals surface area contributed by atoms with Crippen molar-refractivity contribution in [3.63, 3.8) is 0 Å². The Kier molecular flexibility index (Phi) is 4.43. The van der Waals surface area contributed by atoms with E-state index in [1.54, 1.807) is 4.90 Å². The SMILES string of the molecule is CCN(Cc1ccc2c(c1)OCO2)C(=O)C(C)(C)CCl. The number of hydrogen-bond acceptors (Lipinski definition) is 3. The van der Waals surface area contributed by atoms with Crippen molar-refractivity contribution in [1.82, 2.24) is 4.90 Å². The van der Waals surface area contributed by atoms with Gasteiger partial charge < -0.3 is 14.4 Å². The molecule has 1 aliphatic heterocycles. The predicted octanol–water partition coefficient (Wildman–Crippen LogP) is 3.03. The minimum absolute atomic E-state index is 0.0627. The molecule has 1 aromatic rings. The Balaban J connectivity index is 2.12. The van der Waals surface area contributed by atoms with Crippen molar-refractivity contribution >= 4 is 17.5 Å². The molecule has 1 aliphatic rings. The number of nitrogens with zero attached hydrogens (tertiary/aromatic N) is 1. The highest BCUT2D eigenvalue weighted by Gasteiger charge is 2.30. The van der Waals surface area contributed by atoms with Crippen LogP contribution in [0.4, 0.5) is 0 Å². The van der Waals surface area contributed by atoms with Crippen molar-refractivity contribution in [3.8, 4) is 11.5 Å². The summed E-state index contributed by atoms with van der Waals surface area (Å²) in [6.07, 6.45) is 0. The van der Waals surface area contributed by atoms with E-state index < -0.39 is 5.41 Å². The number of fused-ring (bicyclic) bond motifs is 1. The largest absolute Gasteiger partial charge is 0.454 e. The minimum Gasteiger partial charge on any atom is -0.454 e.